The standard InChI is InChI=1S/C20H19F4N5/c1-29(2)12-15-4-3-13(9-16(15)21)11-26-18-10-17(20(22,23)24)27-19(28-18)14-5-7-25-8-6-14/h3-10H,11-12H2,1-2H3,(H,26,27,28). The molecule has 0 aliphatic carbocycles. The fraction of sp³-hybridized carbons (Fsp3) is 0.250. The third-order valence-corrected chi connectivity index (χ3v) is 4.03. The average molecular weight is 405 g/mol. The Balaban J connectivity index is 1.84. The predicted octanol–water partition coefficient (Wildman–Crippen LogP) is 4.37. The van der Waals surface area contributed by atoms with Crippen molar-refractivity contribution < 1.29 is 17.6 Å². The van der Waals surface area contributed by atoms with Crippen LogP contribution in [0.15, 0.2) is 48.8 Å². The molecule has 2 aromatic heterocycles. The van der Waals surface area contributed by atoms with Crippen molar-refractivity contribution in [3.8, 4) is 11.4 Å². The average Bonchev–Trinajstić information content (AvgIpc) is 2.68. The Labute approximate surface area is 165 Å². The first-order valence-corrected chi connectivity index (χ1v) is 8.75. The van der Waals surface area contributed by atoms with Crippen LogP contribution in [-0.4, -0.2) is 33.9 Å². The molecule has 5 nitrogen and oxygen atoms in total. The van der Waals surface area contributed by atoms with E-state index in [1.54, 1.807) is 12.1 Å². The second kappa shape index (κ2) is 8.52. The van der Waals surface area contributed by atoms with Gasteiger partial charge in [0.15, 0.2) is 11.5 Å². The Morgan fingerprint density at radius 1 is 1.00 bits per heavy atom. The number of hydrogen-bond acceptors (Lipinski definition) is 5. The first-order valence-electron chi connectivity index (χ1n) is 8.75. The molecule has 0 spiro atoms. The monoisotopic (exact) mass is 405 g/mol. The molecular formula is C20H19F4N5. The maximum Gasteiger partial charge on any atom is 0.433 e. The lowest BCUT2D eigenvalue weighted by Gasteiger charge is -2.13. The van der Waals surface area contributed by atoms with E-state index in [9.17, 15) is 17.6 Å². The molecule has 1 N–H and O–H groups in total. The Morgan fingerprint density at radius 3 is 2.34 bits per heavy atom. The first kappa shape index (κ1) is 20.7. The normalized spacial score (nSPS) is 11.7. The minimum absolute atomic E-state index is 0.00286. The zero-order valence-corrected chi connectivity index (χ0v) is 15.8. The van der Waals surface area contributed by atoms with Gasteiger partial charge in [-0.1, -0.05) is 12.1 Å². The van der Waals surface area contributed by atoms with E-state index in [4.69, 9.17) is 0 Å². The molecule has 0 fully saturated rings. The summed E-state index contributed by atoms with van der Waals surface area (Å²) in [6.07, 6.45) is -1.73. The largest absolute Gasteiger partial charge is 0.433 e. The van der Waals surface area contributed by atoms with E-state index in [1.165, 1.54) is 30.6 Å². The van der Waals surface area contributed by atoms with Crippen LogP contribution in [0.5, 0.6) is 0 Å². The van der Waals surface area contributed by atoms with Gasteiger partial charge >= 0.3 is 6.18 Å². The lowest BCUT2D eigenvalue weighted by molar-refractivity contribution is -0.141. The molecule has 0 aliphatic rings. The number of anilines is 1. The number of nitrogens with one attached hydrogen (secondary N) is 1. The Morgan fingerprint density at radius 2 is 1.72 bits per heavy atom. The highest BCUT2D eigenvalue weighted by atomic mass is 19.4. The molecule has 0 bridgehead atoms. The topological polar surface area (TPSA) is 53.9 Å². The smallest absolute Gasteiger partial charge is 0.366 e. The van der Waals surface area contributed by atoms with Crippen LogP contribution < -0.4 is 5.32 Å². The molecule has 3 rings (SSSR count). The van der Waals surface area contributed by atoms with Crippen LogP contribution in [-0.2, 0) is 19.3 Å². The minimum Gasteiger partial charge on any atom is -0.366 e. The van der Waals surface area contributed by atoms with Crippen molar-refractivity contribution in [3.05, 3.63) is 71.4 Å². The summed E-state index contributed by atoms with van der Waals surface area (Å²) >= 11 is 0. The SMILES string of the molecule is CN(C)Cc1ccc(CNc2cc(C(F)(F)F)nc(-c3ccncc3)n2)cc1F. The lowest BCUT2D eigenvalue weighted by Crippen LogP contribution is -2.13. The van der Waals surface area contributed by atoms with Gasteiger partial charge in [0, 0.05) is 42.7 Å². The highest BCUT2D eigenvalue weighted by Gasteiger charge is 2.33. The molecule has 152 valence electrons. The van der Waals surface area contributed by atoms with Crippen LogP contribution in [0, 0.1) is 5.82 Å². The third kappa shape index (κ3) is 5.47. The van der Waals surface area contributed by atoms with E-state index in [1.807, 2.05) is 19.0 Å². The van der Waals surface area contributed by atoms with Gasteiger partial charge < -0.3 is 10.2 Å². The van der Waals surface area contributed by atoms with Crippen molar-refractivity contribution in [1.29, 1.82) is 0 Å². The number of alkyl halides is 3. The maximum atomic E-state index is 14.2. The van der Waals surface area contributed by atoms with Gasteiger partial charge in [0.25, 0.3) is 0 Å². The second-order valence-corrected chi connectivity index (χ2v) is 6.71. The fourth-order valence-corrected chi connectivity index (χ4v) is 2.68. The fourth-order valence-electron chi connectivity index (χ4n) is 2.68. The van der Waals surface area contributed by atoms with Gasteiger partial charge in [-0.2, -0.15) is 13.2 Å². The van der Waals surface area contributed by atoms with Crippen molar-refractivity contribution >= 4 is 5.82 Å². The second-order valence-electron chi connectivity index (χ2n) is 6.71. The number of benzene rings is 1. The van der Waals surface area contributed by atoms with Crippen molar-refractivity contribution in [3.63, 3.8) is 0 Å². The van der Waals surface area contributed by atoms with Crippen molar-refractivity contribution in [1.82, 2.24) is 19.9 Å². The highest BCUT2D eigenvalue weighted by molar-refractivity contribution is 5.57. The Bertz CT molecular complexity index is 974. The van der Waals surface area contributed by atoms with E-state index in [2.05, 4.69) is 20.3 Å². The summed E-state index contributed by atoms with van der Waals surface area (Å²) in [7, 11) is 3.67. The van der Waals surface area contributed by atoms with Crippen LogP contribution in [0.1, 0.15) is 16.8 Å². The molecule has 0 saturated carbocycles. The molecule has 0 unspecified atom stereocenters. The number of halogens is 4. The molecule has 29 heavy (non-hydrogen) atoms. The number of aromatic nitrogens is 3. The quantitative estimate of drug-likeness (QED) is 0.618. The van der Waals surface area contributed by atoms with Gasteiger partial charge in [-0.25, -0.2) is 14.4 Å². The van der Waals surface area contributed by atoms with Crippen LogP contribution in [0.3, 0.4) is 0 Å². The molecular weight excluding hydrogens is 386 g/mol. The van der Waals surface area contributed by atoms with Crippen LogP contribution >= 0.6 is 0 Å². The number of pyridine rings is 1. The molecule has 0 aliphatic heterocycles. The summed E-state index contributed by atoms with van der Waals surface area (Å²) in [6, 6.07) is 8.64. The van der Waals surface area contributed by atoms with Crippen LogP contribution in [0.4, 0.5) is 23.4 Å². The Hall–Kier alpha value is -3.07. The highest BCUT2D eigenvalue weighted by Crippen LogP contribution is 2.30. The van der Waals surface area contributed by atoms with Crippen molar-refractivity contribution in [2.75, 3.05) is 19.4 Å². The summed E-state index contributed by atoms with van der Waals surface area (Å²) in [6.45, 7) is 0.568. The summed E-state index contributed by atoms with van der Waals surface area (Å²) < 4.78 is 53.9. The molecule has 0 atom stereocenters. The van der Waals surface area contributed by atoms with Gasteiger partial charge in [-0.05, 0) is 37.9 Å². The Kier molecular flexibility index (Phi) is 6.07. The summed E-state index contributed by atoms with van der Waals surface area (Å²) in [5.41, 5.74) is 0.477. The van der Waals surface area contributed by atoms with Crippen LogP contribution in [0.2, 0.25) is 0 Å². The lowest BCUT2D eigenvalue weighted by atomic mass is 10.1. The zero-order valence-electron chi connectivity index (χ0n) is 15.8. The van der Waals surface area contributed by atoms with Gasteiger partial charge in [0.1, 0.15) is 11.6 Å². The minimum atomic E-state index is -4.62. The number of nitrogens with zero attached hydrogens (tertiary/aromatic N) is 4. The molecule has 0 saturated heterocycles. The molecule has 0 radical (unpaired) electrons. The van der Waals surface area contributed by atoms with Gasteiger partial charge in [0.05, 0.1) is 0 Å². The summed E-state index contributed by atoms with van der Waals surface area (Å²) in [4.78, 5) is 13.5. The predicted molar refractivity (Wildman–Crippen MR) is 101 cm³/mol. The van der Waals surface area contributed by atoms with Crippen molar-refractivity contribution in [2.24, 2.45) is 0 Å². The first-order chi connectivity index (χ1) is 13.7. The molecule has 1 aromatic carbocycles. The molecule has 3 aromatic rings. The van der Waals surface area contributed by atoms with Gasteiger partial charge in [-0.3, -0.25) is 4.98 Å². The van der Waals surface area contributed by atoms with E-state index in [0.29, 0.717) is 23.2 Å². The number of rotatable bonds is 6. The van der Waals surface area contributed by atoms with Crippen molar-refractivity contribution in [2.45, 2.75) is 19.3 Å². The number of hydrogen-bond donors (Lipinski definition) is 1. The maximum absolute atomic E-state index is 14.2. The molecule has 9 heteroatoms. The summed E-state index contributed by atoms with van der Waals surface area (Å²) in [5, 5.41) is 2.83. The molecule has 0 amide bonds. The van der Waals surface area contributed by atoms with Gasteiger partial charge in [0.2, 0.25) is 0 Å². The summed E-state index contributed by atoms with van der Waals surface area (Å²) in [5.74, 6) is -0.441. The molecule has 2 heterocycles. The van der Waals surface area contributed by atoms with E-state index in [-0.39, 0.29) is 24.0 Å². The van der Waals surface area contributed by atoms with E-state index >= 15 is 0 Å². The van der Waals surface area contributed by atoms with Crippen LogP contribution in [0.25, 0.3) is 11.4 Å². The van der Waals surface area contributed by atoms with E-state index in [0.717, 1.165) is 6.07 Å². The third-order valence-electron chi connectivity index (χ3n) is 4.03. The van der Waals surface area contributed by atoms with E-state index < -0.39 is 11.9 Å². The zero-order chi connectivity index (χ0) is 21.0. The van der Waals surface area contributed by atoms with Gasteiger partial charge in [-0.15, -0.1) is 0 Å².